The first-order valence-electron chi connectivity index (χ1n) is 8.27. The molecule has 23 heavy (non-hydrogen) atoms. The van der Waals surface area contributed by atoms with Crippen molar-refractivity contribution in [2.45, 2.75) is 20.3 Å². The molecule has 0 aromatic heterocycles. The molecule has 2 aromatic carbocycles. The largest absolute Gasteiger partial charge is 0.368 e. The number of piperazine rings is 1. The standard InChI is InChI=1S/C20H24N2O/c1-16-6-5-8-18(14-16)15-20(23)22-12-10-21(11-13-22)19-9-4-3-7-17(19)2/h3-9,14H,10-13,15H2,1-2H3. The van der Waals surface area contributed by atoms with Gasteiger partial charge >= 0.3 is 0 Å². The monoisotopic (exact) mass is 308 g/mol. The lowest BCUT2D eigenvalue weighted by atomic mass is 10.1. The molecule has 3 heteroatoms. The molecular formula is C20H24N2O. The molecule has 3 nitrogen and oxygen atoms in total. The predicted molar refractivity (Wildman–Crippen MR) is 94.9 cm³/mol. The van der Waals surface area contributed by atoms with Crippen LogP contribution in [0, 0.1) is 13.8 Å². The van der Waals surface area contributed by atoms with E-state index in [1.807, 2.05) is 17.0 Å². The number of carbonyl (C=O) groups excluding carboxylic acids is 1. The van der Waals surface area contributed by atoms with Gasteiger partial charge in [0.1, 0.15) is 0 Å². The maximum atomic E-state index is 12.5. The Morgan fingerprint density at radius 2 is 1.70 bits per heavy atom. The number of rotatable bonds is 3. The fraction of sp³-hybridized carbons (Fsp3) is 0.350. The van der Waals surface area contributed by atoms with Gasteiger partial charge in [0.25, 0.3) is 0 Å². The first-order chi connectivity index (χ1) is 11.1. The smallest absolute Gasteiger partial charge is 0.227 e. The minimum atomic E-state index is 0.236. The van der Waals surface area contributed by atoms with Gasteiger partial charge in [-0.3, -0.25) is 4.79 Å². The number of para-hydroxylation sites is 1. The number of hydrogen-bond acceptors (Lipinski definition) is 2. The van der Waals surface area contributed by atoms with Crippen molar-refractivity contribution in [3.05, 3.63) is 65.2 Å². The van der Waals surface area contributed by atoms with Crippen molar-refractivity contribution in [3.63, 3.8) is 0 Å². The molecule has 0 unspecified atom stereocenters. The quantitative estimate of drug-likeness (QED) is 0.869. The highest BCUT2D eigenvalue weighted by atomic mass is 16.2. The second-order valence-electron chi connectivity index (χ2n) is 6.32. The van der Waals surface area contributed by atoms with Crippen molar-refractivity contribution in [1.82, 2.24) is 4.90 Å². The summed E-state index contributed by atoms with van der Waals surface area (Å²) in [6.45, 7) is 7.63. The predicted octanol–water partition coefficient (Wildman–Crippen LogP) is 3.19. The molecule has 120 valence electrons. The maximum Gasteiger partial charge on any atom is 0.227 e. The van der Waals surface area contributed by atoms with Gasteiger partial charge in [-0.1, -0.05) is 48.0 Å². The summed E-state index contributed by atoms with van der Waals surface area (Å²) in [6.07, 6.45) is 0.506. The normalized spacial score (nSPS) is 14.9. The lowest BCUT2D eigenvalue weighted by molar-refractivity contribution is -0.130. The van der Waals surface area contributed by atoms with Gasteiger partial charge in [-0.15, -0.1) is 0 Å². The number of aryl methyl sites for hydroxylation is 2. The summed E-state index contributed by atoms with van der Waals surface area (Å²) in [6, 6.07) is 16.7. The van der Waals surface area contributed by atoms with Crippen LogP contribution in [-0.2, 0) is 11.2 Å². The van der Waals surface area contributed by atoms with E-state index in [0.29, 0.717) is 6.42 Å². The molecule has 1 aliphatic heterocycles. The number of benzene rings is 2. The van der Waals surface area contributed by atoms with Gasteiger partial charge in [0, 0.05) is 31.9 Å². The molecule has 1 aliphatic rings. The van der Waals surface area contributed by atoms with Gasteiger partial charge in [-0.25, -0.2) is 0 Å². The van der Waals surface area contributed by atoms with E-state index in [1.54, 1.807) is 0 Å². The molecule has 0 aliphatic carbocycles. The fourth-order valence-electron chi connectivity index (χ4n) is 3.22. The van der Waals surface area contributed by atoms with Crippen molar-refractivity contribution in [2.75, 3.05) is 31.1 Å². The Bertz CT molecular complexity index is 688. The summed E-state index contributed by atoms with van der Waals surface area (Å²) in [7, 11) is 0. The molecule has 0 bridgehead atoms. The van der Waals surface area contributed by atoms with E-state index in [1.165, 1.54) is 16.8 Å². The molecule has 1 amide bonds. The number of carbonyl (C=O) groups is 1. The Kier molecular flexibility index (Phi) is 4.65. The molecular weight excluding hydrogens is 284 g/mol. The van der Waals surface area contributed by atoms with Crippen molar-refractivity contribution in [2.24, 2.45) is 0 Å². The van der Waals surface area contributed by atoms with Crippen LogP contribution in [0.3, 0.4) is 0 Å². The zero-order valence-corrected chi connectivity index (χ0v) is 14.0. The van der Waals surface area contributed by atoms with Crippen LogP contribution in [0.2, 0.25) is 0 Å². The molecule has 0 saturated carbocycles. The van der Waals surface area contributed by atoms with Crippen molar-refractivity contribution in [3.8, 4) is 0 Å². The van der Waals surface area contributed by atoms with Crippen LogP contribution in [0.25, 0.3) is 0 Å². The lowest BCUT2D eigenvalue weighted by Gasteiger charge is -2.37. The lowest BCUT2D eigenvalue weighted by Crippen LogP contribution is -2.49. The third-order valence-corrected chi connectivity index (χ3v) is 4.53. The topological polar surface area (TPSA) is 23.6 Å². The van der Waals surface area contributed by atoms with Gasteiger partial charge in [0.15, 0.2) is 0 Å². The van der Waals surface area contributed by atoms with Crippen LogP contribution in [-0.4, -0.2) is 37.0 Å². The number of hydrogen-bond donors (Lipinski definition) is 0. The van der Waals surface area contributed by atoms with Gasteiger partial charge in [0.2, 0.25) is 5.91 Å². The Balaban J connectivity index is 1.58. The van der Waals surface area contributed by atoms with Gasteiger partial charge < -0.3 is 9.80 Å². The highest BCUT2D eigenvalue weighted by Crippen LogP contribution is 2.21. The van der Waals surface area contributed by atoms with E-state index in [0.717, 1.165) is 31.7 Å². The second-order valence-corrected chi connectivity index (χ2v) is 6.32. The molecule has 1 heterocycles. The average Bonchev–Trinajstić information content (AvgIpc) is 2.55. The maximum absolute atomic E-state index is 12.5. The zero-order valence-electron chi connectivity index (χ0n) is 14.0. The third-order valence-electron chi connectivity index (χ3n) is 4.53. The van der Waals surface area contributed by atoms with E-state index in [4.69, 9.17) is 0 Å². The van der Waals surface area contributed by atoms with E-state index in [9.17, 15) is 4.79 Å². The summed E-state index contributed by atoms with van der Waals surface area (Å²) in [5.74, 6) is 0.236. The molecule has 2 aromatic rings. The SMILES string of the molecule is Cc1cccc(CC(=O)N2CCN(c3ccccc3C)CC2)c1. The average molecular weight is 308 g/mol. The van der Waals surface area contributed by atoms with E-state index in [-0.39, 0.29) is 5.91 Å². The van der Waals surface area contributed by atoms with Gasteiger partial charge in [0.05, 0.1) is 6.42 Å². The van der Waals surface area contributed by atoms with E-state index in [2.05, 4.69) is 55.1 Å². The van der Waals surface area contributed by atoms with E-state index < -0.39 is 0 Å². The molecule has 0 radical (unpaired) electrons. The summed E-state index contributed by atoms with van der Waals surface area (Å²) >= 11 is 0. The zero-order chi connectivity index (χ0) is 16.2. The second kappa shape index (κ2) is 6.86. The fourth-order valence-corrected chi connectivity index (χ4v) is 3.22. The summed E-state index contributed by atoms with van der Waals surface area (Å²) in [5.41, 5.74) is 4.90. The highest BCUT2D eigenvalue weighted by molar-refractivity contribution is 5.79. The van der Waals surface area contributed by atoms with Crippen molar-refractivity contribution < 1.29 is 4.79 Å². The first-order valence-corrected chi connectivity index (χ1v) is 8.27. The van der Waals surface area contributed by atoms with Gasteiger partial charge in [-0.05, 0) is 31.0 Å². The van der Waals surface area contributed by atoms with Crippen molar-refractivity contribution in [1.29, 1.82) is 0 Å². The number of nitrogens with zero attached hydrogens (tertiary/aromatic N) is 2. The molecule has 3 rings (SSSR count). The minimum Gasteiger partial charge on any atom is -0.368 e. The summed E-state index contributed by atoms with van der Waals surface area (Å²) in [4.78, 5) is 16.9. The molecule has 1 fully saturated rings. The first kappa shape index (κ1) is 15.6. The van der Waals surface area contributed by atoms with Gasteiger partial charge in [-0.2, -0.15) is 0 Å². The molecule has 0 atom stereocenters. The van der Waals surface area contributed by atoms with Crippen LogP contribution < -0.4 is 4.90 Å². The molecule has 0 spiro atoms. The van der Waals surface area contributed by atoms with Crippen LogP contribution in [0.15, 0.2) is 48.5 Å². The number of amides is 1. The van der Waals surface area contributed by atoms with Crippen LogP contribution in [0.5, 0.6) is 0 Å². The molecule has 0 N–H and O–H groups in total. The van der Waals surface area contributed by atoms with Crippen LogP contribution in [0.4, 0.5) is 5.69 Å². The number of anilines is 1. The van der Waals surface area contributed by atoms with E-state index >= 15 is 0 Å². The van der Waals surface area contributed by atoms with Crippen LogP contribution >= 0.6 is 0 Å². The Labute approximate surface area is 138 Å². The Morgan fingerprint density at radius 3 is 2.39 bits per heavy atom. The molecule has 1 saturated heterocycles. The summed E-state index contributed by atoms with van der Waals surface area (Å²) in [5, 5.41) is 0. The van der Waals surface area contributed by atoms with Crippen molar-refractivity contribution >= 4 is 11.6 Å². The van der Waals surface area contributed by atoms with Crippen LogP contribution in [0.1, 0.15) is 16.7 Å². The third kappa shape index (κ3) is 3.73. The Morgan fingerprint density at radius 1 is 0.957 bits per heavy atom. The summed E-state index contributed by atoms with van der Waals surface area (Å²) < 4.78 is 0. The minimum absolute atomic E-state index is 0.236. The Hall–Kier alpha value is -2.29. The highest BCUT2D eigenvalue weighted by Gasteiger charge is 2.21.